The molecule has 1 N–H and O–H groups in total. The quantitative estimate of drug-likeness (QED) is 0.584. The summed E-state index contributed by atoms with van der Waals surface area (Å²) in [5.74, 6) is 0.324. The van der Waals surface area contributed by atoms with Crippen LogP contribution in [0.1, 0.15) is 92.9 Å². The molecule has 11 atom stereocenters. The first kappa shape index (κ1) is 21.9. The lowest BCUT2D eigenvalue weighted by molar-refractivity contribution is -0.220. The molecule has 1 heterocycles. The normalized spacial score (nSPS) is 58.6. The van der Waals surface area contributed by atoms with Crippen LogP contribution in [-0.2, 0) is 14.3 Å². The van der Waals surface area contributed by atoms with E-state index in [1.807, 2.05) is 6.92 Å². The molecule has 1 saturated heterocycles. The first-order valence-corrected chi connectivity index (χ1v) is 12.9. The molecule has 174 valence electrons. The zero-order valence-electron chi connectivity index (χ0n) is 20.4. The number of hydrogen-bond acceptors (Lipinski definition) is 4. The van der Waals surface area contributed by atoms with Crippen LogP contribution in [-0.4, -0.2) is 29.1 Å². The third-order valence-corrected chi connectivity index (χ3v) is 12.0. The third kappa shape index (κ3) is 2.52. The standard InChI is InChI=1S/C27H42O4/c1-7-24(3)10-8-11-25(4)17(24)9-12-26(5)18(25)14-20(29)27(6)19(26)13-16(28)21-15(2)31-23(30)22(21)27/h15-19,21-22,28H,7-14H2,1-6H3/t15-,16-,17-,18+,19-,21?,22+,24-,25-,26+,27+/m0/s1. The van der Waals surface area contributed by atoms with Gasteiger partial charge in [0, 0.05) is 17.8 Å². The predicted molar refractivity (Wildman–Crippen MR) is 119 cm³/mol. The molecule has 0 aromatic rings. The highest BCUT2D eigenvalue weighted by Gasteiger charge is 2.73. The molecule has 0 bridgehead atoms. The SMILES string of the molecule is CC[C@@]1(C)CCC[C@]2(C)[C@H]3CC(=O)[C@]4(C)[C@H]5C(=O)O[C@@H](C)C5[C@@H](O)C[C@H]4[C@]3(C)CC[C@@H]12. The van der Waals surface area contributed by atoms with Gasteiger partial charge >= 0.3 is 5.97 Å². The number of aliphatic hydroxyl groups excluding tert-OH is 1. The molecular weight excluding hydrogens is 388 g/mol. The van der Waals surface area contributed by atoms with Gasteiger partial charge in [0.1, 0.15) is 11.9 Å². The first-order chi connectivity index (χ1) is 14.4. The van der Waals surface area contributed by atoms with Crippen LogP contribution >= 0.6 is 0 Å². The Morgan fingerprint density at radius 2 is 1.68 bits per heavy atom. The van der Waals surface area contributed by atoms with Crippen molar-refractivity contribution in [2.24, 2.45) is 51.2 Å². The van der Waals surface area contributed by atoms with Crippen molar-refractivity contribution in [2.75, 3.05) is 0 Å². The molecule has 0 aromatic carbocycles. The van der Waals surface area contributed by atoms with Gasteiger partial charge in [-0.15, -0.1) is 0 Å². The van der Waals surface area contributed by atoms with Crippen LogP contribution < -0.4 is 0 Å². The highest BCUT2D eigenvalue weighted by atomic mass is 16.6. The Bertz CT molecular complexity index is 807. The topological polar surface area (TPSA) is 63.6 Å². The molecule has 1 unspecified atom stereocenters. The molecule has 0 aromatic heterocycles. The Balaban J connectivity index is 1.59. The van der Waals surface area contributed by atoms with Crippen LogP contribution in [0.15, 0.2) is 0 Å². The summed E-state index contributed by atoms with van der Waals surface area (Å²) >= 11 is 0. The molecule has 5 rings (SSSR count). The molecular formula is C27H42O4. The zero-order chi connectivity index (χ0) is 22.6. The fourth-order valence-corrected chi connectivity index (χ4v) is 10.3. The molecule has 4 nitrogen and oxygen atoms in total. The minimum Gasteiger partial charge on any atom is -0.462 e. The minimum absolute atomic E-state index is 0.0159. The Labute approximate surface area is 187 Å². The zero-order valence-corrected chi connectivity index (χ0v) is 20.4. The van der Waals surface area contributed by atoms with Crippen LogP contribution in [0, 0.1) is 51.2 Å². The lowest BCUT2D eigenvalue weighted by Crippen LogP contribution is -2.68. The summed E-state index contributed by atoms with van der Waals surface area (Å²) in [4.78, 5) is 27.0. The van der Waals surface area contributed by atoms with Crippen LogP contribution in [0.2, 0.25) is 0 Å². The van der Waals surface area contributed by atoms with Gasteiger partial charge in [0.15, 0.2) is 0 Å². The summed E-state index contributed by atoms with van der Waals surface area (Å²) < 4.78 is 5.61. The Kier molecular flexibility index (Phi) is 4.65. The van der Waals surface area contributed by atoms with E-state index in [2.05, 4.69) is 34.6 Å². The summed E-state index contributed by atoms with van der Waals surface area (Å²) in [7, 11) is 0. The number of Topliss-reactive ketones (excluding diaryl/α,β-unsaturated/α-hetero) is 1. The molecule has 5 fully saturated rings. The van der Waals surface area contributed by atoms with E-state index in [1.165, 1.54) is 32.1 Å². The van der Waals surface area contributed by atoms with Crippen molar-refractivity contribution in [1.82, 2.24) is 0 Å². The van der Waals surface area contributed by atoms with E-state index in [9.17, 15) is 14.7 Å². The molecule has 0 spiro atoms. The van der Waals surface area contributed by atoms with Gasteiger partial charge in [0.05, 0.1) is 12.0 Å². The maximum absolute atomic E-state index is 14.0. The van der Waals surface area contributed by atoms with Crippen molar-refractivity contribution in [1.29, 1.82) is 0 Å². The summed E-state index contributed by atoms with van der Waals surface area (Å²) in [6, 6.07) is 0. The smallest absolute Gasteiger partial charge is 0.310 e. The number of ketones is 1. The van der Waals surface area contributed by atoms with Crippen LogP contribution in [0.5, 0.6) is 0 Å². The second-order valence-corrected chi connectivity index (χ2v) is 13.0. The number of carbonyl (C=O) groups excluding carboxylic acids is 2. The lowest BCUT2D eigenvalue weighted by Gasteiger charge is -2.69. The van der Waals surface area contributed by atoms with Crippen molar-refractivity contribution in [3.63, 3.8) is 0 Å². The molecule has 0 amide bonds. The number of rotatable bonds is 1. The molecule has 1 aliphatic heterocycles. The second kappa shape index (κ2) is 6.58. The summed E-state index contributed by atoms with van der Waals surface area (Å²) in [5, 5.41) is 11.2. The van der Waals surface area contributed by atoms with Gasteiger partial charge < -0.3 is 9.84 Å². The number of aliphatic hydroxyl groups is 1. The van der Waals surface area contributed by atoms with Crippen LogP contribution in [0.4, 0.5) is 0 Å². The number of ether oxygens (including phenoxy) is 1. The van der Waals surface area contributed by atoms with Crippen molar-refractivity contribution in [3.8, 4) is 0 Å². The van der Waals surface area contributed by atoms with Gasteiger partial charge in [-0.2, -0.15) is 0 Å². The van der Waals surface area contributed by atoms with Crippen molar-refractivity contribution in [2.45, 2.75) is 105 Å². The van der Waals surface area contributed by atoms with Crippen LogP contribution in [0.3, 0.4) is 0 Å². The van der Waals surface area contributed by atoms with Gasteiger partial charge in [0.25, 0.3) is 0 Å². The molecule has 31 heavy (non-hydrogen) atoms. The molecule has 4 saturated carbocycles. The van der Waals surface area contributed by atoms with E-state index in [4.69, 9.17) is 4.74 Å². The Hall–Kier alpha value is -0.900. The average Bonchev–Trinajstić information content (AvgIpc) is 3.01. The van der Waals surface area contributed by atoms with Crippen LogP contribution in [0.25, 0.3) is 0 Å². The number of carbonyl (C=O) groups is 2. The lowest BCUT2D eigenvalue weighted by atomic mass is 9.34. The summed E-state index contributed by atoms with van der Waals surface area (Å²) in [6.45, 7) is 13.6. The van der Waals surface area contributed by atoms with E-state index in [0.29, 0.717) is 30.1 Å². The average molecular weight is 431 g/mol. The van der Waals surface area contributed by atoms with E-state index < -0.39 is 17.4 Å². The molecule has 5 aliphatic rings. The van der Waals surface area contributed by atoms with E-state index in [0.717, 1.165) is 6.42 Å². The fourth-order valence-electron chi connectivity index (χ4n) is 10.3. The first-order valence-electron chi connectivity index (χ1n) is 12.9. The summed E-state index contributed by atoms with van der Waals surface area (Å²) in [5.41, 5.74) is -0.195. The Morgan fingerprint density at radius 1 is 1.00 bits per heavy atom. The molecule has 4 heteroatoms. The number of hydrogen-bond donors (Lipinski definition) is 1. The second-order valence-electron chi connectivity index (χ2n) is 13.0. The largest absolute Gasteiger partial charge is 0.462 e. The van der Waals surface area contributed by atoms with Gasteiger partial charge in [-0.05, 0) is 73.0 Å². The van der Waals surface area contributed by atoms with Crippen molar-refractivity contribution in [3.05, 3.63) is 0 Å². The number of esters is 1. The van der Waals surface area contributed by atoms with Gasteiger partial charge in [-0.3, -0.25) is 9.59 Å². The highest BCUT2D eigenvalue weighted by molar-refractivity contribution is 5.93. The maximum Gasteiger partial charge on any atom is 0.310 e. The number of fused-ring (bicyclic) bond motifs is 7. The highest BCUT2D eigenvalue weighted by Crippen LogP contribution is 2.73. The molecule has 4 aliphatic carbocycles. The molecule has 0 radical (unpaired) electrons. The van der Waals surface area contributed by atoms with Gasteiger partial charge in [0.2, 0.25) is 0 Å². The van der Waals surface area contributed by atoms with Crippen molar-refractivity contribution >= 4 is 11.8 Å². The maximum atomic E-state index is 14.0. The van der Waals surface area contributed by atoms with E-state index >= 15 is 0 Å². The van der Waals surface area contributed by atoms with Gasteiger partial charge in [-0.1, -0.05) is 47.5 Å². The monoisotopic (exact) mass is 430 g/mol. The van der Waals surface area contributed by atoms with E-state index in [1.54, 1.807) is 0 Å². The van der Waals surface area contributed by atoms with Crippen molar-refractivity contribution < 1.29 is 19.4 Å². The number of cyclic esters (lactones) is 1. The summed E-state index contributed by atoms with van der Waals surface area (Å²) in [6.07, 6.45) is 7.63. The minimum atomic E-state index is -0.705. The predicted octanol–water partition coefficient (Wildman–Crippen LogP) is 5.16. The van der Waals surface area contributed by atoms with E-state index in [-0.39, 0.29) is 40.5 Å². The third-order valence-electron chi connectivity index (χ3n) is 12.0. The fraction of sp³-hybridized carbons (Fsp3) is 0.926. The Morgan fingerprint density at radius 3 is 2.35 bits per heavy atom. The van der Waals surface area contributed by atoms with Gasteiger partial charge in [-0.25, -0.2) is 0 Å².